The van der Waals surface area contributed by atoms with Crippen LogP contribution in [0.15, 0.2) is 54.7 Å². The Bertz CT molecular complexity index is 969. The molecule has 0 saturated heterocycles. The van der Waals surface area contributed by atoms with E-state index in [1.807, 2.05) is 37.3 Å². The van der Waals surface area contributed by atoms with Gasteiger partial charge in [-0.2, -0.15) is 5.10 Å². The first kappa shape index (κ1) is 17.9. The maximum atomic E-state index is 12.9. The van der Waals surface area contributed by atoms with Gasteiger partial charge in [0.2, 0.25) is 0 Å². The van der Waals surface area contributed by atoms with Gasteiger partial charge in [0.05, 0.1) is 18.5 Å². The molecule has 0 radical (unpaired) electrons. The van der Waals surface area contributed by atoms with E-state index in [2.05, 4.69) is 10.4 Å². The van der Waals surface area contributed by atoms with Gasteiger partial charge < -0.3 is 19.5 Å². The fourth-order valence-corrected chi connectivity index (χ4v) is 2.86. The molecular weight excluding hydrogens is 358 g/mol. The number of hydrogen-bond acceptors (Lipinski definition) is 5. The van der Waals surface area contributed by atoms with E-state index in [0.29, 0.717) is 42.8 Å². The van der Waals surface area contributed by atoms with Crippen LogP contribution in [-0.2, 0) is 0 Å². The Hall–Kier alpha value is -3.48. The zero-order chi connectivity index (χ0) is 19.3. The van der Waals surface area contributed by atoms with E-state index in [1.165, 1.54) is 0 Å². The predicted octanol–water partition coefficient (Wildman–Crippen LogP) is 3.68. The molecule has 0 fully saturated rings. The Morgan fingerprint density at radius 3 is 2.71 bits per heavy atom. The number of aromatic nitrogens is 2. The molecule has 1 N–H and O–H groups in total. The zero-order valence-electron chi connectivity index (χ0n) is 15.6. The molecule has 7 nitrogen and oxygen atoms in total. The summed E-state index contributed by atoms with van der Waals surface area (Å²) in [5.41, 5.74) is 1.68. The molecule has 0 saturated carbocycles. The standard InChI is InChI=1S/C21H21N3O4/c1-2-10-26-19-14-24(16-6-4-3-5-7-16)23-20(19)21(25)22-15-8-9-17-18(13-15)28-12-11-27-17/h3-9,13-14H,2,10-12H2,1H3,(H,22,25). The summed E-state index contributed by atoms with van der Waals surface area (Å²) >= 11 is 0. The lowest BCUT2D eigenvalue weighted by molar-refractivity contribution is 0.101. The molecule has 1 aliphatic rings. The number of anilines is 1. The number of fused-ring (bicyclic) bond motifs is 1. The average molecular weight is 379 g/mol. The molecule has 1 aliphatic heterocycles. The van der Waals surface area contributed by atoms with Crippen LogP contribution < -0.4 is 19.5 Å². The van der Waals surface area contributed by atoms with E-state index in [0.717, 1.165) is 12.1 Å². The highest BCUT2D eigenvalue weighted by atomic mass is 16.6. The SMILES string of the molecule is CCCOc1cn(-c2ccccc2)nc1C(=O)Nc1ccc2c(c1)OCCO2. The Morgan fingerprint density at radius 2 is 1.93 bits per heavy atom. The van der Waals surface area contributed by atoms with Gasteiger partial charge in [0.25, 0.3) is 5.91 Å². The summed E-state index contributed by atoms with van der Waals surface area (Å²) in [6, 6.07) is 14.9. The number of carbonyl (C=O) groups is 1. The summed E-state index contributed by atoms with van der Waals surface area (Å²) in [6.07, 6.45) is 2.56. The molecule has 0 unspecified atom stereocenters. The van der Waals surface area contributed by atoms with Crippen molar-refractivity contribution < 1.29 is 19.0 Å². The molecule has 0 aliphatic carbocycles. The molecule has 3 aromatic rings. The molecular formula is C21H21N3O4. The summed E-state index contributed by atoms with van der Waals surface area (Å²) in [4.78, 5) is 12.9. The van der Waals surface area contributed by atoms with Gasteiger partial charge in [-0.05, 0) is 30.7 Å². The van der Waals surface area contributed by atoms with E-state index >= 15 is 0 Å². The second-order valence-corrected chi connectivity index (χ2v) is 6.28. The van der Waals surface area contributed by atoms with Crippen molar-refractivity contribution in [1.82, 2.24) is 9.78 Å². The first-order valence-electron chi connectivity index (χ1n) is 9.23. The van der Waals surface area contributed by atoms with Crippen molar-refractivity contribution in [2.45, 2.75) is 13.3 Å². The van der Waals surface area contributed by atoms with Crippen LogP contribution in [0.25, 0.3) is 5.69 Å². The van der Waals surface area contributed by atoms with Crippen LogP contribution in [0.2, 0.25) is 0 Å². The number of nitrogens with zero attached hydrogens (tertiary/aromatic N) is 2. The van der Waals surface area contributed by atoms with Crippen molar-refractivity contribution in [2.24, 2.45) is 0 Å². The number of benzene rings is 2. The molecule has 144 valence electrons. The molecule has 28 heavy (non-hydrogen) atoms. The number of para-hydroxylation sites is 1. The number of hydrogen-bond donors (Lipinski definition) is 1. The van der Waals surface area contributed by atoms with E-state index in [-0.39, 0.29) is 11.6 Å². The van der Waals surface area contributed by atoms with Crippen molar-refractivity contribution in [3.05, 3.63) is 60.4 Å². The van der Waals surface area contributed by atoms with Crippen LogP contribution in [0.1, 0.15) is 23.8 Å². The molecule has 0 bridgehead atoms. The van der Waals surface area contributed by atoms with Crippen LogP contribution >= 0.6 is 0 Å². The van der Waals surface area contributed by atoms with Gasteiger partial charge in [0, 0.05) is 11.8 Å². The Kier molecular flexibility index (Phi) is 5.14. The number of nitrogens with one attached hydrogen (secondary N) is 1. The Balaban J connectivity index is 1.59. The smallest absolute Gasteiger partial charge is 0.280 e. The van der Waals surface area contributed by atoms with Crippen molar-refractivity contribution in [3.8, 4) is 22.9 Å². The lowest BCUT2D eigenvalue weighted by Crippen LogP contribution is -2.17. The highest BCUT2D eigenvalue weighted by molar-refractivity contribution is 6.04. The molecule has 4 rings (SSSR count). The van der Waals surface area contributed by atoms with Gasteiger partial charge >= 0.3 is 0 Å². The zero-order valence-corrected chi connectivity index (χ0v) is 15.6. The second-order valence-electron chi connectivity index (χ2n) is 6.28. The summed E-state index contributed by atoms with van der Waals surface area (Å²) in [5, 5.41) is 7.30. The largest absolute Gasteiger partial charge is 0.489 e. The van der Waals surface area contributed by atoms with E-state index in [1.54, 1.807) is 29.1 Å². The maximum absolute atomic E-state index is 12.9. The summed E-state index contributed by atoms with van der Waals surface area (Å²) in [6.45, 7) is 3.52. The topological polar surface area (TPSA) is 74.6 Å². The predicted molar refractivity (Wildman–Crippen MR) is 105 cm³/mol. The fraction of sp³-hybridized carbons (Fsp3) is 0.238. The number of carbonyl (C=O) groups excluding carboxylic acids is 1. The minimum Gasteiger partial charge on any atom is -0.489 e. The van der Waals surface area contributed by atoms with Crippen molar-refractivity contribution in [2.75, 3.05) is 25.1 Å². The number of amides is 1. The molecule has 0 atom stereocenters. The third-order valence-electron chi connectivity index (χ3n) is 4.18. The van der Waals surface area contributed by atoms with Crippen LogP contribution in [-0.4, -0.2) is 35.5 Å². The van der Waals surface area contributed by atoms with Crippen LogP contribution in [0.5, 0.6) is 17.2 Å². The summed E-state index contributed by atoms with van der Waals surface area (Å²) in [7, 11) is 0. The average Bonchev–Trinajstić information content (AvgIpc) is 3.17. The quantitative estimate of drug-likeness (QED) is 0.707. The van der Waals surface area contributed by atoms with Gasteiger partial charge in [0.1, 0.15) is 13.2 Å². The lowest BCUT2D eigenvalue weighted by atomic mass is 10.2. The molecule has 7 heteroatoms. The highest BCUT2D eigenvalue weighted by Gasteiger charge is 2.20. The third-order valence-corrected chi connectivity index (χ3v) is 4.18. The second kappa shape index (κ2) is 8.04. The van der Waals surface area contributed by atoms with Crippen molar-refractivity contribution >= 4 is 11.6 Å². The van der Waals surface area contributed by atoms with Gasteiger partial charge in [-0.25, -0.2) is 4.68 Å². The van der Waals surface area contributed by atoms with Crippen molar-refractivity contribution in [1.29, 1.82) is 0 Å². The number of ether oxygens (including phenoxy) is 3. The van der Waals surface area contributed by atoms with Crippen LogP contribution in [0.3, 0.4) is 0 Å². The first-order chi connectivity index (χ1) is 13.7. The van der Waals surface area contributed by atoms with Gasteiger partial charge in [-0.3, -0.25) is 4.79 Å². The van der Waals surface area contributed by atoms with E-state index < -0.39 is 0 Å². The highest BCUT2D eigenvalue weighted by Crippen LogP contribution is 2.33. The Morgan fingerprint density at radius 1 is 1.14 bits per heavy atom. The maximum Gasteiger partial charge on any atom is 0.280 e. The normalized spacial score (nSPS) is 12.5. The first-order valence-corrected chi connectivity index (χ1v) is 9.23. The van der Waals surface area contributed by atoms with Crippen LogP contribution in [0.4, 0.5) is 5.69 Å². The van der Waals surface area contributed by atoms with Gasteiger partial charge in [-0.1, -0.05) is 25.1 Å². The minimum absolute atomic E-state index is 0.229. The van der Waals surface area contributed by atoms with Crippen molar-refractivity contribution in [3.63, 3.8) is 0 Å². The van der Waals surface area contributed by atoms with Crippen LogP contribution in [0, 0.1) is 0 Å². The molecule has 1 aromatic heterocycles. The fourth-order valence-electron chi connectivity index (χ4n) is 2.86. The molecule has 0 spiro atoms. The van der Waals surface area contributed by atoms with E-state index in [9.17, 15) is 4.79 Å². The number of rotatable bonds is 6. The summed E-state index contributed by atoms with van der Waals surface area (Å²) < 4.78 is 18.5. The minimum atomic E-state index is -0.350. The lowest BCUT2D eigenvalue weighted by Gasteiger charge is -2.18. The van der Waals surface area contributed by atoms with Gasteiger partial charge in [0.15, 0.2) is 22.9 Å². The van der Waals surface area contributed by atoms with E-state index in [4.69, 9.17) is 14.2 Å². The van der Waals surface area contributed by atoms with Gasteiger partial charge in [-0.15, -0.1) is 0 Å². The molecule has 2 aromatic carbocycles. The monoisotopic (exact) mass is 379 g/mol. The third kappa shape index (κ3) is 3.78. The Labute approximate surface area is 162 Å². The summed E-state index contributed by atoms with van der Waals surface area (Å²) in [5.74, 6) is 1.38. The molecule has 2 heterocycles. The molecule has 1 amide bonds.